The summed E-state index contributed by atoms with van der Waals surface area (Å²) < 4.78 is 1.05. The SMILES string of the molecule is CN(C)CCNC(=S)Nc1nc2ccc(Cl)cc2s1. The topological polar surface area (TPSA) is 40.2 Å². The predicted molar refractivity (Wildman–Crippen MR) is 87.4 cm³/mol. The van der Waals surface area contributed by atoms with Crippen LogP contribution in [-0.2, 0) is 0 Å². The van der Waals surface area contributed by atoms with E-state index in [4.69, 9.17) is 23.8 Å². The summed E-state index contributed by atoms with van der Waals surface area (Å²) in [6, 6.07) is 5.64. The minimum absolute atomic E-state index is 0.590. The summed E-state index contributed by atoms with van der Waals surface area (Å²) in [5.41, 5.74) is 0.924. The molecule has 0 radical (unpaired) electrons. The Kier molecular flexibility index (Phi) is 4.93. The molecule has 0 fully saturated rings. The highest BCUT2D eigenvalue weighted by Crippen LogP contribution is 2.28. The van der Waals surface area contributed by atoms with Crippen LogP contribution < -0.4 is 10.6 Å². The van der Waals surface area contributed by atoms with Crippen molar-refractivity contribution in [3.63, 3.8) is 0 Å². The maximum absolute atomic E-state index is 5.95. The molecule has 0 aliphatic carbocycles. The summed E-state index contributed by atoms with van der Waals surface area (Å²) in [6.07, 6.45) is 0. The number of halogens is 1. The molecule has 2 rings (SSSR count). The van der Waals surface area contributed by atoms with Crippen molar-refractivity contribution >= 4 is 55.6 Å². The van der Waals surface area contributed by atoms with Gasteiger partial charge in [0.2, 0.25) is 0 Å². The molecular formula is C12H15ClN4S2. The number of anilines is 1. The lowest BCUT2D eigenvalue weighted by atomic mass is 10.3. The summed E-state index contributed by atoms with van der Waals surface area (Å²) in [7, 11) is 4.05. The quantitative estimate of drug-likeness (QED) is 0.849. The fraction of sp³-hybridized carbons (Fsp3) is 0.333. The zero-order valence-corrected chi connectivity index (χ0v) is 13.1. The van der Waals surface area contributed by atoms with Crippen LogP contribution in [0.2, 0.25) is 5.02 Å². The van der Waals surface area contributed by atoms with Gasteiger partial charge in [-0.1, -0.05) is 22.9 Å². The Morgan fingerprint density at radius 1 is 1.47 bits per heavy atom. The number of nitrogens with one attached hydrogen (secondary N) is 2. The van der Waals surface area contributed by atoms with Gasteiger partial charge in [0.05, 0.1) is 10.2 Å². The molecule has 4 nitrogen and oxygen atoms in total. The average Bonchev–Trinajstić information content (AvgIpc) is 2.69. The van der Waals surface area contributed by atoms with Gasteiger partial charge in [-0.3, -0.25) is 0 Å². The first-order valence-corrected chi connectivity index (χ1v) is 7.40. The van der Waals surface area contributed by atoms with Crippen molar-refractivity contribution in [2.45, 2.75) is 0 Å². The molecule has 7 heteroatoms. The molecule has 1 heterocycles. The number of rotatable bonds is 4. The molecule has 0 unspecified atom stereocenters. The molecule has 0 aliphatic heterocycles. The Morgan fingerprint density at radius 2 is 2.26 bits per heavy atom. The lowest BCUT2D eigenvalue weighted by Gasteiger charge is -2.11. The number of likely N-dealkylation sites (N-methyl/N-ethyl adjacent to an activating group) is 1. The van der Waals surface area contributed by atoms with Gasteiger partial charge in [-0.25, -0.2) is 4.98 Å². The summed E-state index contributed by atoms with van der Waals surface area (Å²) in [5, 5.41) is 8.31. The van der Waals surface area contributed by atoms with Gasteiger partial charge in [-0.05, 0) is 44.5 Å². The van der Waals surface area contributed by atoms with E-state index in [2.05, 4.69) is 20.5 Å². The number of nitrogens with zero attached hydrogens (tertiary/aromatic N) is 2. The lowest BCUT2D eigenvalue weighted by Crippen LogP contribution is -2.34. The number of aromatic nitrogens is 1. The van der Waals surface area contributed by atoms with E-state index in [0.717, 1.165) is 33.5 Å². The normalized spacial score (nSPS) is 10.9. The third-order valence-electron chi connectivity index (χ3n) is 2.42. The van der Waals surface area contributed by atoms with Crippen LogP contribution in [0.1, 0.15) is 0 Å². The highest BCUT2D eigenvalue weighted by molar-refractivity contribution is 7.80. The Hall–Kier alpha value is -0.950. The second kappa shape index (κ2) is 6.47. The van der Waals surface area contributed by atoms with Crippen LogP contribution in [0.15, 0.2) is 18.2 Å². The van der Waals surface area contributed by atoms with E-state index >= 15 is 0 Å². The molecule has 0 aliphatic rings. The molecular weight excluding hydrogens is 300 g/mol. The molecule has 2 aromatic rings. The first-order valence-electron chi connectivity index (χ1n) is 5.80. The van der Waals surface area contributed by atoms with Gasteiger partial charge < -0.3 is 15.5 Å². The number of benzene rings is 1. The summed E-state index contributed by atoms with van der Waals surface area (Å²) >= 11 is 12.7. The third-order valence-corrected chi connectivity index (χ3v) is 3.83. The molecule has 102 valence electrons. The molecule has 2 N–H and O–H groups in total. The lowest BCUT2D eigenvalue weighted by molar-refractivity contribution is 0.413. The van der Waals surface area contributed by atoms with E-state index in [1.807, 2.05) is 32.3 Å². The van der Waals surface area contributed by atoms with Gasteiger partial charge in [-0.15, -0.1) is 0 Å². The van der Waals surface area contributed by atoms with Crippen molar-refractivity contribution in [1.82, 2.24) is 15.2 Å². The van der Waals surface area contributed by atoms with Gasteiger partial charge in [0.1, 0.15) is 0 Å². The fourth-order valence-electron chi connectivity index (χ4n) is 1.49. The molecule has 1 aromatic carbocycles. The van der Waals surface area contributed by atoms with Gasteiger partial charge in [0, 0.05) is 18.1 Å². The van der Waals surface area contributed by atoms with Crippen molar-refractivity contribution in [2.24, 2.45) is 0 Å². The van der Waals surface area contributed by atoms with Crippen LogP contribution in [0.5, 0.6) is 0 Å². The predicted octanol–water partition coefficient (Wildman–Crippen LogP) is 2.80. The van der Waals surface area contributed by atoms with E-state index in [1.165, 1.54) is 11.3 Å². The number of thiocarbonyl (C=S) groups is 1. The molecule has 0 atom stereocenters. The number of fused-ring (bicyclic) bond motifs is 1. The van der Waals surface area contributed by atoms with E-state index in [0.29, 0.717) is 5.11 Å². The first-order chi connectivity index (χ1) is 9.04. The van der Waals surface area contributed by atoms with Crippen LogP contribution >= 0.6 is 35.2 Å². The fourth-order valence-corrected chi connectivity index (χ4v) is 2.90. The zero-order valence-electron chi connectivity index (χ0n) is 10.7. The Balaban J connectivity index is 1.95. The number of hydrogen-bond donors (Lipinski definition) is 2. The Bertz CT molecular complexity index is 582. The van der Waals surface area contributed by atoms with Crippen LogP contribution in [0.4, 0.5) is 5.13 Å². The van der Waals surface area contributed by atoms with Crippen LogP contribution in [-0.4, -0.2) is 42.2 Å². The van der Waals surface area contributed by atoms with Crippen molar-refractivity contribution < 1.29 is 0 Å². The molecule has 0 amide bonds. The maximum atomic E-state index is 5.95. The second-order valence-electron chi connectivity index (χ2n) is 4.32. The molecule has 0 bridgehead atoms. The summed E-state index contributed by atoms with van der Waals surface area (Å²) in [5.74, 6) is 0. The third kappa shape index (κ3) is 4.28. The van der Waals surface area contributed by atoms with Crippen molar-refractivity contribution in [3.8, 4) is 0 Å². The Morgan fingerprint density at radius 3 is 3.00 bits per heavy atom. The van der Waals surface area contributed by atoms with Crippen molar-refractivity contribution in [1.29, 1.82) is 0 Å². The van der Waals surface area contributed by atoms with Gasteiger partial charge >= 0.3 is 0 Å². The highest BCUT2D eigenvalue weighted by Gasteiger charge is 2.05. The van der Waals surface area contributed by atoms with E-state index in [-0.39, 0.29) is 0 Å². The van der Waals surface area contributed by atoms with Crippen molar-refractivity contribution in [3.05, 3.63) is 23.2 Å². The van der Waals surface area contributed by atoms with E-state index in [1.54, 1.807) is 0 Å². The summed E-state index contributed by atoms with van der Waals surface area (Å²) in [6.45, 7) is 1.73. The highest BCUT2D eigenvalue weighted by atomic mass is 35.5. The van der Waals surface area contributed by atoms with Gasteiger partial charge in [0.25, 0.3) is 0 Å². The minimum Gasteiger partial charge on any atom is -0.361 e. The van der Waals surface area contributed by atoms with Gasteiger partial charge in [0.15, 0.2) is 10.2 Å². The molecule has 0 saturated heterocycles. The monoisotopic (exact) mass is 314 g/mol. The standard InChI is InChI=1S/C12H15ClN4S2/c1-17(2)6-5-14-11(18)16-12-15-9-4-3-8(13)7-10(9)19-12/h3-4,7H,5-6H2,1-2H3,(H2,14,15,16,18). The summed E-state index contributed by atoms with van der Waals surface area (Å²) in [4.78, 5) is 6.54. The van der Waals surface area contributed by atoms with Crippen LogP contribution in [0, 0.1) is 0 Å². The molecule has 1 aromatic heterocycles. The molecule has 0 spiro atoms. The number of hydrogen-bond acceptors (Lipinski definition) is 4. The first kappa shape index (κ1) is 14.5. The van der Waals surface area contributed by atoms with Crippen molar-refractivity contribution in [2.75, 3.05) is 32.5 Å². The van der Waals surface area contributed by atoms with E-state index in [9.17, 15) is 0 Å². The number of thiazole rings is 1. The second-order valence-corrected chi connectivity index (χ2v) is 6.19. The largest absolute Gasteiger partial charge is 0.361 e. The van der Waals surface area contributed by atoms with E-state index < -0.39 is 0 Å². The molecule has 0 saturated carbocycles. The smallest absolute Gasteiger partial charge is 0.190 e. The van der Waals surface area contributed by atoms with Crippen LogP contribution in [0.3, 0.4) is 0 Å². The Labute approximate surface area is 126 Å². The molecule has 19 heavy (non-hydrogen) atoms. The van der Waals surface area contributed by atoms with Crippen LogP contribution in [0.25, 0.3) is 10.2 Å². The zero-order chi connectivity index (χ0) is 13.8. The average molecular weight is 315 g/mol. The maximum Gasteiger partial charge on any atom is 0.190 e. The minimum atomic E-state index is 0.590. The van der Waals surface area contributed by atoms with Gasteiger partial charge in [-0.2, -0.15) is 0 Å².